The van der Waals surface area contributed by atoms with Gasteiger partial charge in [-0.15, -0.1) is 0 Å². The summed E-state index contributed by atoms with van der Waals surface area (Å²) in [4.78, 5) is 10.2. The predicted molar refractivity (Wildman–Crippen MR) is 291 cm³/mol. The molecule has 7 aromatic carbocycles. The average Bonchev–Trinajstić information content (AvgIpc) is 3.81. The number of pyridine rings is 2. The molecule has 11 rings (SSSR count). The highest BCUT2D eigenvalue weighted by molar-refractivity contribution is 6.22. The Hall–Kier alpha value is -7.04. The van der Waals surface area contributed by atoms with Gasteiger partial charge in [-0.05, 0) is 163 Å². The molecule has 0 N–H and O–H groups in total. The monoisotopic (exact) mass is 886 g/mol. The van der Waals surface area contributed by atoms with Gasteiger partial charge in [0.2, 0.25) is 0 Å². The van der Waals surface area contributed by atoms with Crippen molar-refractivity contribution < 1.29 is 0 Å². The lowest BCUT2D eigenvalue weighted by atomic mass is 9.85. The Balaban J connectivity index is 1.23. The van der Waals surface area contributed by atoms with Crippen LogP contribution in [0.5, 0.6) is 0 Å². The molecule has 0 saturated carbocycles. The lowest BCUT2D eigenvalue weighted by Crippen LogP contribution is -2.10. The quantitative estimate of drug-likeness (QED) is 0.165. The fraction of sp³-hybridized carbons (Fsp3) is 0.250. The molecule has 0 aliphatic heterocycles. The molecule has 11 aromatic rings. The summed E-state index contributed by atoms with van der Waals surface area (Å²) in [5.41, 5.74) is 16.5. The fourth-order valence-corrected chi connectivity index (χ4v) is 10.5. The molecule has 0 atom stereocenters. The Morgan fingerprint density at radius 2 is 0.603 bits per heavy atom. The van der Waals surface area contributed by atoms with Gasteiger partial charge in [-0.1, -0.05) is 132 Å². The third kappa shape index (κ3) is 7.11. The zero-order valence-electron chi connectivity index (χ0n) is 41.8. The number of hydrogen-bond donors (Lipinski definition) is 0. The highest BCUT2D eigenvalue weighted by atomic mass is 15.0. The molecule has 0 fully saturated rings. The number of nitrogens with zero attached hydrogens (tertiary/aromatic N) is 4. The highest BCUT2D eigenvalue weighted by Crippen LogP contribution is 2.47. The van der Waals surface area contributed by atoms with Gasteiger partial charge >= 0.3 is 0 Å². The number of fused-ring (bicyclic) bond motifs is 8. The van der Waals surface area contributed by atoms with Crippen LogP contribution in [0.25, 0.3) is 99.0 Å². The van der Waals surface area contributed by atoms with Crippen LogP contribution in [-0.4, -0.2) is 19.1 Å². The molecular weight excluding hydrogens is 825 g/mol. The van der Waals surface area contributed by atoms with Crippen LogP contribution < -0.4 is 0 Å². The van der Waals surface area contributed by atoms with Gasteiger partial charge in [0.15, 0.2) is 0 Å². The second kappa shape index (κ2) is 15.2. The fourth-order valence-electron chi connectivity index (χ4n) is 10.5. The van der Waals surface area contributed by atoms with E-state index in [9.17, 15) is 0 Å². The molecule has 4 heterocycles. The Kier molecular flexibility index (Phi) is 9.75. The lowest BCUT2D eigenvalue weighted by molar-refractivity contribution is 0.590. The van der Waals surface area contributed by atoms with Gasteiger partial charge < -0.3 is 9.13 Å². The van der Waals surface area contributed by atoms with E-state index in [0.29, 0.717) is 0 Å². The van der Waals surface area contributed by atoms with E-state index in [-0.39, 0.29) is 21.7 Å². The van der Waals surface area contributed by atoms with Crippen LogP contribution in [0.3, 0.4) is 0 Å². The molecule has 0 radical (unpaired) electrons. The first kappa shape index (κ1) is 43.5. The van der Waals surface area contributed by atoms with E-state index in [4.69, 9.17) is 9.97 Å². The largest absolute Gasteiger partial charge is 0.309 e. The van der Waals surface area contributed by atoms with Gasteiger partial charge in [0.05, 0.1) is 33.5 Å². The molecule has 0 saturated heterocycles. The third-order valence-corrected chi connectivity index (χ3v) is 14.4. The van der Waals surface area contributed by atoms with Crippen molar-refractivity contribution in [2.45, 2.75) is 105 Å². The van der Waals surface area contributed by atoms with Crippen LogP contribution in [0.1, 0.15) is 105 Å². The maximum Gasteiger partial charge on any atom is 0.0714 e. The lowest BCUT2D eigenvalue weighted by Gasteiger charge is -2.21. The van der Waals surface area contributed by atoms with Crippen molar-refractivity contribution in [3.8, 4) is 33.9 Å². The van der Waals surface area contributed by atoms with Crippen molar-refractivity contribution in [2.24, 2.45) is 0 Å². The maximum absolute atomic E-state index is 5.09. The SMILES string of the molecule is CC(C)(C)c1ccc2c(c1)c1cc(C(C)(C)C)ccc1n2-c1ccc2c(-c3ccccn3)c3cc(-n4c5ccc(C(C)(C)C)cc5c5cc(C(C)(C)C)ccc54)ccc3c(-c3ccccn3)c2c1. The molecule has 4 heteroatoms. The number of rotatable bonds is 4. The molecule has 4 nitrogen and oxygen atoms in total. The minimum atomic E-state index is 0.0146. The van der Waals surface area contributed by atoms with Crippen LogP contribution in [0.2, 0.25) is 0 Å². The topological polar surface area (TPSA) is 35.6 Å². The summed E-state index contributed by atoms with van der Waals surface area (Å²) >= 11 is 0. The Morgan fingerprint density at radius 3 is 0.868 bits per heavy atom. The summed E-state index contributed by atoms with van der Waals surface area (Å²) in [6, 6.07) is 54.9. The molecule has 0 unspecified atom stereocenters. The zero-order valence-corrected chi connectivity index (χ0v) is 41.8. The first-order valence-corrected chi connectivity index (χ1v) is 24.3. The smallest absolute Gasteiger partial charge is 0.0714 e. The molecule has 0 bridgehead atoms. The molecule has 0 amide bonds. The predicted octanol–water partition coefficient (Wildman–Crippen LogP) is 17.5. The Bertz CT molecular complexity index is 3400. The van der Waals surface area contributed by atoms with E-state index >= 15 is 0 Å². The van der Waals surface area contributed by atoms with Crippen molar-refractivity contribution in [3.05, 3.63) is 180 Å². The first-order valence-electron chi connectivity index (χ1n) is 24.3. The molecule has 4 aromatic heterocycles. The molecule has 68 heavy (non-hydrogen) atoms. The van der Waals surface area contributed by atoms with Crippen molar-refractivity contribution in [2.75, 3.05) is 0 Å². The van der Waals surface area contributed by atoms with Gasteiger partial charge in [-0.2, -0.15) is 0 Å². The molecule has 0 aliphatic rings. The Morgan fingerprint density at radius 1 is 0.294 bits per heavy atom. The van der Waals surface area contributed by atoms with Crippen LogP contribution in [0.4, 0.5) is 0 Å². The van der Waals surface area contributed by atoms with Crippen molar-refractivity contribution in [1.29, 1.82) is 0 Å². The zero-order chi connectivity index (χ0) is 47.7. The van der Waals surface area contributed by atoms with E-state index in [1.807, 2.05) is 24.5 Å². The normalized spacial score (nSPS) is 13.0. The third-order valence-electron chi connectivity index (χ3n) is 14.4. The first-order chi connectivity index (χ1) is 32.3. The highest BCUT2D eigenvalue weighted by Gasteiger charge is 2.26. The molecular formula is C64H62N4. The number of benzene rings is 7. The Labute approximate surface area is 401 Å². The van der Waals surface area contributed by atoms with Crippen LogP contribution in [0.15, 0.2) is 158 Å². The average molecular weight is 887 g/mol. The van der Waals surface area contributed by atoms with E-state index in [1.54, 1.807) is 0 Å². The molecule has 0 spiro atoms. The van der Waals surface area contributed by atoms with Gasteiger partial charge in [0, 0.05) is 56.4 Å². The molecule has 338 valence electrons. The van der Waals surface area contributed by atoms with Crippen molar-refractivity contribution >= 4 is 65.2 Å². The van der Waals surface area contributed by atoms with Gasteiger partial charge in [0.25, 0.3) is 0 Å². The summed E-state index contributed by atoms with van der Waals surface area (Å²) in [5.74, 6) is 0. The second-order valence-corrected chi connectivity index (χ2v) is 23.2. The van der Waals surface area contributed by atoms with E-state index < -0.39 is 0 Å². The minimum absolute atomic E-state index is 0.0146. The maximum atomic E-state index is 5.09. The summed E-state index contributed by atoms with van der Waals surface area (Å²) < 4.78 is 4.94. The standard InChI is InChI=1S/C64H62N4/c1-61(2,3)39-19-27-55-47(33-39)48-34-40(62(4,5)6)20-28-56(48)67(55)43-23-25-45-51(37-43)59(53-17-13-15-31-65-53)46-26-24-44(38-52(46)60(45)54-18-14-16-32-66-54)68-57-29-21-41(63(7,8)9)35-49(57)50-36-42(64(10,11)12)22-30-58(50)68/h13-38H,1-12H3. The van der Waals surface area contributed by atoms with Gasteiger partial charge in [0.1, 0.15) is 0 Å². The minimum Gasteiger partial charge on any atom is -0.309 e. The summed E-state index contributed by atoms with van der Waals surface area (Å²) in [5, 5.41) is 9.64. The molecule has 0 aliphatic carbocycles. The summed E-state index contributed by atoms with van der Waals surface area (Å²) in [6.45, 7) is 27.6. The number of aromatic nitrogens is 4. The van der Waals surface area contributed by atoms with Crippen LogP contribution in [0, 0.1) is 0 Å². The van der Waals surface area contributed by atoms with Gasteiger partial charge in [-0.25, -0.2) is 0 Å². The van der Waals surface area contributed by atoms with E-state index in [2.05, 4.69) is 226 Å². The van der Waals surface area contributed by atoms with E-state index in [1.165, 1.54) is 65.9 Å². The second-order valence-electron chi connectivity index (χ2n) is 23.2. The van der Waals surface area contributed by atoms with Gasteiger partial charge in [-0.3, -0.25) is 9.97 Å². The van der Waals surface area contributed by atoms with Crippen molar-refractivity contribution in [1.82, 2.24) is 19.1 Å². The van der Waals surface area contributed by atoms with E-state index in [0.717, 1.165) is 55.4 Å². The van der Waals surface area contributed by atoms with Crippen molar-refractivity contribution in [3.63, 3.8) is 0 Å². The van der Waals surface area contributed by atoms with Crippen LogP contribution >= 0.6 is 0 Å². The number of hydrogen-bond acceptors (Lipinski definition) is 2. The summed E-state index contributed by atoms with van der Waals surface area (Å²) in [7, 11) is 0. The summed E-state index contributed by atoms with van der Waals surface area (Å²) in [6.07, 6.45) is 3.83. The van der Waals surface area contributed by atoms with Crippen LogP contribution in [-0.2, 0) is 21.7 Å².